The molecule has 0 saturated heterocycles. The molecule has 0 spiro atoms. The number of ether oxygens (including phenoxy) is 2. The number of fused-ring (bicyclic) bond motifs is 2. The molecule has 0 bridgehead atoms. The van der Waals surface area contributed by atoms with E-state index in [1.807, 2.05) is 103 Å². The van der Waals surface area contributed by atoms with Gasteiger partial charge in [-0.2, -0.15) is 0 Å². The van der Waals surface area contributed by atoms with Crippen molar-refractivity contribution in [3.8, 4) is 17.2 Å². The third-order valence-electron chi connectivity index (χ3n) is 6.38. The molecule has 0 aliphatic heterocycles. The van der Waals surface area contributed by atoms with Gasteiger partial charge in [0, 0.05) is 6.07 Å². The number of hydrogen-bond acceptors (Lipinski definition) is 5. The molecular weight excluding hydrogens is 476 g/mol. The Hall–Kier alpha value is -5.16. The van der Waals surface area contributed by atoms with Crippen molar-refractivity contribution >= 4 is 27.7 Å². The van der Waals surface area contributed by atoms with Crippen molar-refractivity contribution in [3.63, 3.8) is 0 Å². The molecule has 0 atom stereocenters. The van der Waals surface area contributed by atoms with Gasteiger partial charge < -0.3 is 13.9 Å². The fourth-order valence-corrected chi connectivity index (χ4v) is 4.51. The second-order valence-electron chi connectivity index (χ2n) is 8.87. The number of benzene rings is 5. The number of esters is 1. The highest BCUT2D eigenvalue weighted by molar-refractivity contribution is 5.86. The van der Waals surface area contributed by atoms with Gasteiger partial charge in [-0.3, -0.25) is 9.59 Å². The number of carbonyl (C=O) groups excluding carboxylic acids is 1. The van der Waals surface area contributed by atoms with Crippen LogP contribution < -0.4 is 14.9 Å². The monoisotopic (exact) mass is 498 g/mol. The Morgan fingerprint density at radius 2 is 1.29 bits per heavy atom. The summed E-state index contributed by atoms with van der Waals surface area (Å²) in [7, 11) is 0. The van der Waals surface area contributed by atoms with Crippen molar-refractivity contribution in [2.45, 2.75) is 5.92 Å². The van der Waals surface area contributed by atoms with E-state index in [9.17, 15) is 9.59 Å². The fraction of sp³-hybridized carbons (Fsp3) is 0.0303. The maximum atomic E-state index is 13.3. The first-order chi connectivity index (χ1) is 18.7. The minimum atomic E-state index is -0.599. The Morgan fingerprint density at radius 3 is 2.00 bits per heavy atom. The summed E-state index contributed by atoms with van der Waals surface area (Å²) in [5.74, 6) is -0.136. The third-order valence-corrected chi connectivity index (χ3v) is 6.38. The van der Waals surface area contributed by atoms with Crippen molar-refractivity contribution in [1.29, 1.82) is 0 Å². The summed E-state index contributed by atoms with van der Waals surface area (Å²) in [4.78, 5) is 26.4. The first-order valence-electron chi connectivity index (χ1n) is 12.2. The van der Waals surface area contributed by atoms with Gasteiger partial charge in [0.15, 0.2) is 0 Å². The van der Waals surface area contributed by atoms with Crippen LogP contribution in [0, 0.1) is 0 Å². The molecule has 5 nitrogen and oxygen atoms in total. The van der Waals surface area contributed by atoms with Crippen LogP contribution in [-0.2, 0) is 4.79 Å². The minimum absolute atomic E-state index is 0.0748. The van der Waals surface area contributed by atoms with Crippen molar-refractivity contribution in [3.05, 3.63) is 149 Å². The Balaban J connectivity index is 1.27. The lowest BCUT2D eigenvalue weighted by Gasteiger charge is -2.17. The van der Waals surface area contributed by atoms with Gasteiger partial charge in [0.05, 0.1) is 5.39 Å². The standard InChI is InChI=1S/C33H22O5/c34-32-28-18-17-27(38-33(35)31(23-10-3-1-4-11-23)24-12-5-2-6-13-24)20-29(28)36-21-30(32)37-26-16-15-22-9-7-8-14-25(22)19-26/h1-21,31H. The minimum Gasteiger partial charge on any atom is -0.460 e. The zero-order valence-corrected chi connectivity index (χ0v) is 20.2. The summed E-state index contributed by atoms with van der Waals surface area (Å²) >= 11 is 0. The molecule has 0 N–H and O–H groups in total. The summed E-state index contributed by atoms with van der Waals surface area (Å²) in [5.41, 5.74) is 1.63. The molecule has 38 heavy (non-hydrogen) atoms. The third kappa shape index (κ3) is 4.65. The number of hydrogen-bond donors (Lipinski definition) is 0. The van der Waals surface area contributed by atoms with Crippen LogP contribution in [0.2, 0.25) is 0 Å². The molecule has 0 aliphatic carbocycles. The molecule has 1 aromatic heterocycles. The van der Waals surface area contributed by atoms with E-state index in [1.165, 1.54) is 6.26 Å². The van der Waals surface area contributed by atoms with Gasteiger partial charge in [-0.1, -0.05) is 91.0 Å². The first-order valence-corrected chi connectivity index (χ1v) is 12.2. The van der Waals surface area contributed by atoms with E-state index in [0.717, 1.165) is 21.9 Å². The lowest BCUT2D eigenvalue weighted by atomic mass is 9.91. The summed E-state index contributed by atoms with van der Waals surface area (Å²) in [5, 5.41) is 2.41. The molecular formula is C33H22O5. The molecule has 184 valence electrons. The molecule has 6 rings (SSSR count). The van der Waals surface area contributed by atoms with Crippen molar-refractivity contribution in [2.24, 2.45) is 0 Å². The van der Waals surface area contributed by atoms with Crippen molar-refractivity contribution < 1.29 is 18.7 Å². The van der Waals surface area contributed by atoms with Crippen LogP contribution in [0.15, 0.2) is 137 Å². The van der Waals surface area contributed by atoms with Gasteiger partial charge in [-0.15, -0.1) is 0 Å². The second-order valence-corrected chi connectivity index (χ2v) is 8.87. The Kier molecular flexibility index (Phi) is 6.16. The number of rotatable bonds is 6. The molecule has 5 aromatic carbocycles. The van der Waals surface area contributed by atoms with Gasteiger partial charge in [0.25, 0.3) is 0 Å². The van der Waals surface area contributed by atoms with Crippen molar-refractivity contribution in [2.75, 3.05) is 0 Å². The molecule has 0 radical (unpaired) electrons. The number of carbonyl (C=O) groups is 1. The summed E-state index contributed by atoms with van der Waals surface area (Å²) in [6, 6.07) is 37.2. The smallest absolute Gasteiger partial charge is 0.323 e. The summed E-state index contributed by atoms with van der Waals surface area (Å²) in [6.07, 6.45) is 1.28. The highest BCUT2D eigenvalue weighted by Crippen LogP contribution is 2.29. The van der Waals surface area contributed by atoms with E-state index in [0.29, 0.717) is 16.7 Å². The second kappa shape index (κ2) is 10.1. The summed E-state index contributed by atoms with van der Waals surface area (Å²) < 4.78 is 17.3. The van der Waals surface area contributed by atoms with Gasteiger partial charge >= 0.3 is 5.97 Å². The van der Waals surface area contributed by atoms with E-state index in [-0.39, 0.29) is 16.9 Å². The average molecular weight is 499 g/mol. The molecule has 0 amide bonds. The SMILES string of the molecule is O=C(Oc1ccc2c(=O)c(Oc3ccc4ccccc4c3)coc2c1)C(c1ccccc1)c1ccccc1. The van der Waals surface area contributed by atoms with E-state index < -0.39 is 11.9 Å². The van der Waals surface area contributed by atoms with Crippen LogP contribution in [0.1, 0.15) is 17.0 Å². The van der Waals surface area contributed by atoms with Crippen molar-refractivity contribution in [1.82, 2.24) is 0 Å². The Labute approximate surface area is 218 Å². The molecule has 0 saturated carbocycles. The van der Waals surface area contributed by atoms with Crippen LogP contribution in [0.5, 0.6) is 17.2 Å². The molecule has 1 heterocycles. The van der Waals surface area contributed by atoms with Gasteiger partial charge in [0.1, 0.15) is 29.3 Å². The first kappa shape index (κ1) is 23.3. The molecule has 6 aromatic rings. The van der Waals surface area contributed by atoms with E-state index >= 15 is 0 Å². The van der Waals surface area contributed by atoms with Crippen LogP contribution in [0.25, 0.3) is 21.7 Å². The quantitative estimate of drug-likeness (QED) is 0.176. The highest BCUT2D eigenvalue weighted by atomic mass is 16.5. The Morgan fingerprint density at radius 1 is 0.658 bits per heavy atom. The topological polar surface area (TPSA) is 65.7 Å². The lowest BCUT2D eigenvalue weighted by molar-refractivity contribution is -0.135. The zero-order valence-electron chi connectivity index (χ0n) is 20.2. The van der Waals surface area contributed by atoms with E-state index in [2.05, 4.69) is 0 Å². The van der Waals surface area contributed by atoms with Gasteiger partial charge in [-0.25, -0.2) is 0 Å². The highest BCUT2D eigenvalue weighted by Gasteiger charge is 2.25. The molecule has 0 fully saturated rings. The molecule has 5 heteroatoms. The maximum Gasteiger partial charge on any atom is 0.323 e. The van der Waals surface area contributed by atoms with E-state index in [1.54, 1.807) is 18.2 Å². The van der Waals surface area contributed by atoms with Crippen LogP contribution in [-0.4, -0.2) is 5.97 Å². The van der Waals surface area contributed by atoms with E-state index in [4.69, 9.17) is 13.9 Å². The molecule has 0 unspecified atom stereocenters. The van der Waals surface area contributed by atoms with Crippen LogP contribution in [0.4, 0.5) is 0 Å². The van der Waals surface area contributed by atoms with Crippen LogP contribution >= 0.6 is 0 Å². The summed E-state index contributed by atoms with van der Waals surface area (Å²) in [6.45, 7) is 0. The zero-order chi connectivity index (χ0) is 25.9. The predicted octanol–water partition coefficient (Wildman–Crippen LogP) is 7.48. The molecule has 0 aliphatic rings. The maximum absolute atomic E-state index is 13.3. The Bertz CT molecular complexity index is 1770. The normalized spacial score (nSPS) is 11.1. The fourth-order valence-electron chi connectivity index (χ4n) is 4.51. The average Bonchev–Trinajstić information content (AvgIpc) is 2.96. The van der Waals surface area contributed by atoms with Gasteiger partial charge in [-0.05, 0) is 46.2 Å². The predicted molar refractivity (Wildman–Crippen MR) is 147 cm³/mol. The largest absolute Gasteiger partial charge is 0.460 e. The van der Waals surface area contributed by atoms with Gasteiger partial charge in [0.2, 0.25) is 11.2 Å². The lowest BCUT2D eigenvalue weighted by Crippen LogP contribution is -2.20. The van der Waals surface area contributed by atoms with Crippen LogP contribution in [0.3, 0.4) is 0 Å².